The number of nitrogens with one attached hydrogen (secondary N) is 2. The lowest BCUT2D eigenvalue weighted by atomic mass is 9.85. The monoisotopic (exact) mass is 723 g/mol. The van der Waals surface area contributed by atoms with Crippen molar-refractivity contribution in [2.45, 2.75) is 56.5 Å². The van der Waals surface area contributed by atoms with Gasteiger partial charge in [-0.2, -0.15) is 0 Å². The van der Waals surface area contributed by atoms with Crippen molar-refractivity contribution in [1.82, 2.24) is 20.5 Å². The highest BCUT2D eigenvalue weighted by molar-refractivity contribution is 5.94. The second-order valence-corrected chi connectivity index (χ2v) is 14.3. The van der Waals surface area contributed by atoms with Crippen LogP contribution in [0.2, 0.25) is 0 Å². The summed E-state index contributed by atoms with van der Waals surface area (Å²) < 4.78 is 13.4. The number of rotatable bonds is 10. The maximum Gasteiger partial charge on any atom is 0.253 e. The minimum atomic E-state index is -0.584. The van der Waals surface area contributed by atoms with Crippen molar-refractivity contribution in [2.24, 2.45) is 0 Å². The van der Waals surface area contributed by atoms with E-state index in [1.54, 1.807) is 24.5 Å². The van der Waals surface area contributed by atoms with Gasteiger partial charge in [-0.05, 0) is 64.9 Å². The number of piperidine rings is 1. The molecule has 1 aromatic heterocycles. The van der Waals surface area contributed by atoms with E-state index in [-0.39, 0.29) is 30.6 Å². The number of anilines is 1. The van der Waals surface area contributed by atoms with Crippen molar-refractivity contribution in [3.05, 3.63) is 155 Å². The fourth-order valence-electron chi connectivity index (χ4n) is 8.01. The number of likely N-dealkylation sites (tertiary alicyclic amines) is 1. The molecule has 0 radical (unpaired) electrons. The SMILES string of the molecule is O=C(NCc1ccccc1-c1ccc([C@H]2O[C@@H](CN3CCC4(CC3)C(=O)NCN4c3ccccc3)C[C@@H](c3ccc(CO)cc3)O2)cc1)c1cccnc1. The van der Waals surface area contributed by atoms with Gasteiger partial charge >= 0.3 is 0 Å². The van der Waals surface area contributed by atoms with Crippen molar-refractivity contribution >= 4 is 17.5 Å². The highest BCUT2D eigenvalue weighted by Gasteiger charge is 2.50. The summed E-state index contributed by atoms with van der Waals surface area (Å²) in [4.78, 5) is 34.7. The molecule has 276 valence electrons. The van der Waals surface area contributed by atoms with Gasteiger partial charge in [0.15, 0.2) is 6.29 Å². The maximum absolute atomic E-state index is 13.3. The topological polar surface area (TPSA) is 116 Å². The summed E-state index contributed by atoms with van der Waals surface area (Å²) in [5.74, 6) is -0.0578. The van der Waals surface area contributed by atoms with Crippen LogP contribution >= 0.6 is 0 Å². The second-order valence-electron chi connectivity index (χ2n) is 14.3. The number of carbonyl (C=O) groups is 2. The van der Waals surface area contributed by atoms with Gasteiger partial charge in [-0.3, -0.25) is 14.6 Å². The maximum atomic E-state index is 13.3. The number of aromatic nitrogens is 1. The molecule has 0 saturated carbocycles. The number of para-hydroxylation sites is 1. The molecular formula is C44H45N5O5. The quantitative estimate of drug-likeness (QED) is 0.157. The van der Waals surface area contributed by atoms with Gasteiger partial charge in [-0.1, -0.05) is 91.0 Å². The lowest BCUT2D eigenvalue weighted by Gasteiger charge is -2.45. The summed E-state index contributed by atoms with van der Waals surface area (Å²) in [6.45, 7) is 3.19. The normalized spacial score (nSPS) is 21.2. The third-order valence-corrected chi connectivity index (χ3v) is 11.0. The van der Waals surface area contributed by atoms with E-state index in [2.05, 4.69) is 67.9 Å². The van der Waals surface area contributed by atoms with Gasteiger partial charge in [0.05, 0.1) is 31.0 Å². The van der Waals surface area contributed by atoms with E-state index in [0.29, 0.717) is 25.2 Å². The number of amides is 2. The zero-order chi connectivity index (χ0) is 36.9. The molecule has 3 N–H and O–H groups in total. The molecular weight excluding hydrogens is 679 g/mol. The van der Waals surface area contributed by atoms with E-state index in [9.17, 15) is 14.7 Å². The molecule has 1 spiro atoms. The Labute approximate surface area is 315 Å². The van der Waals surface area contributed by atoms with E-state index < -0.39 is 11.8 Å². The number of carbonyl (C=O) groups excluding carboxylic acids is 2. The first kappa shape index (κ1) is 35.6. The zero-order valence-corrected chi connectivity index (χ0v) is 30.1. The molecule has 4 heterocycles. The average molecular weight is 724 g/mol. The molecule has 0 aliphatic carbocycles. The Bertz CT molecular complexity index is 2040. The van der Waals surface area contributed by atoms with E-state index in [1.807, 2.05) is 60.7 Å². The molecule has 3 atom stereocenters. The average Bonchev–Trinajstić information content (AvgIpc) is 3.55. The van der Waals surface area contributed by atoms with Gasteiger partial charge in [0.1, 0.15) is 5.54 Å². The van der Waals surface area contributed by atoms with Crippen LogP contribution in [0.15, 0.2) is 128 Å². The van der Waals surface area contributed by atoms with Crippen molar-refractivity contribution in [3.63, 3.8) is 0 Å². The van der Waals surface area contributed by atoms with E-state index in [0.717, 1.165) is 71.5 Å². The molecule has 0 unspecified atom stereocenters. The molecule has 3 aliphatic rings. The third-order valence-electron chi connectivity index (χ3n) is 11.0. The Kier molecular flexibility index (Phi) is 10.5. The van der Waals surface area contributed by atoms with Crippen LogP contribution in [0.1, 0.15) is 64.3 Å². The largest absolute Gasteiger partial charge is 0.392 e. The molecule has 5 aromatic rings. The Balaban J connectivity index is 0.974. The Morgan fingerprint density at radius 3 is 2.35 bits per heavy atom. The van der Waals surface area contributed by atoms with Gasteiger partial charge in [-0.15, -0.1) is 0 Å². The Morgan fingerprint density at radius 1 is 0.870 bits per heavy atom. The predicted octanol–water partition coefficient (Wildman–Crippen LogP) is 6.14. The molecule has 0 bridgehead atoms. The minimum Gasteiger partial charge on any atom is -0.392 e. The molecule has 54 heavy (non-hydrogen) atoms. The summed E-state index contributed by atoms with van der Waals surface area (Å²) in [7, 11) is 0. The number of nitrogens with zero attached hydrogens (tertiary/aromatic N) is 3. The molecule has 3 saturated heterocycles. The van der Waals surface area contributed by atoms with Crippen molar-refractivity contribution < 1.29 is 24.2 Å². The van der Waals surface area contributed by atoms with Crippen LogP contribution in [-0.4, -0.2) is 64.8 Å². The summed E-state index contributed by atoms with van der Waals surface area (Å²) in [6, 6.07) is 38.0. The number of ether oxygens (including phenoxy) is 2. The number of aliphatic hydroxyl groups excluding tert-OH is 1. The van der Waals surface area contributed by atoms with Crippen LogP contribution in [0.4, 0.5) is 5.69 Å². The minimum absolute atomic E-state index is 0.0112. The van der Waals surface area contributed by atoms with Crippen molar-refractivity contribution in [2.75, 3.05) is 31.2 Å². The summed E-state index contributed by atoms with van der Waals surface area (Å²) in [5, 5.41) is 15.8. The van der Waals surface area contributed by atoms with Crippen LogP contribution in [0.5, 0.6) is 0 Å². The number of pyridine rings is 1. The van der Waals surface area contributed by atoms with Gasteiger partial charge in [0.2, 0.25) is 5.91 Å². The molecule has 8 rings (SSSR count). The van der Waals surface area contributed by atoms with Crippen LogP contribution in [0.3, 0.4) is 0 Å². The lowest BCUT2D eigenvalue weighted by Crippen LogP contribution is -2.57. The summed E-state index contributed by atoms with van der Waals surface area (Å²) >= 11 is 0. The van der Waals surface area contributed by atoms with Crippen LogP contribution in [-0.2, 0) is 27.4 Å². The summed E-state index contributed by atoms with van der Waals surface area (Å²) in [5.41, 5.74) is 6.92. The number of hydrogen-bond donors (Lipinski definition) is 3. The Hall–Kier alpha value is -5.39. The van der Waals surface area contributed by atoms with Crippen molar-refractivity contribution in [3.8, 4) is 11.1 Å². The number of hydrogen-bond acceptors (Lipinski definition) is 8. The molecule has 2 amide bonds. The standard InChI is InChI=1S/C44H45N5O5/c50-29-31-12-14-33(15-13-31)40-25-38(28-48-23-20-44(21-24-48)43(52)47-30-49(44)37-9-2-1-3-10-37)53-42(54-40)34-18-16-32(17-19-34)39-11-5-4-7-35(39)27-46-41(51)36-8-6-22-45-26-36/h1-19,22,26,38,40,42,50H,20-21,23-25,27-30H2,(H,46,51)(H,47,52)/t38-,40+,42+/m1/s1. The van der Waals surface area contributed by atoms with Gasteiger partial charge < -0.3 is 35.0 Å². The van der Waals surface area contributed by atoms with E-state index >= 15 is 0 Å². The first-order valence-electron chi connectivity index (χ1n) is 18.7. The van der Waals surface area contributed by atoms with Crippen LogP contribution in [0, 0.1) is 0 Å². The third kappa shape index (κ3) is 7.51. The smallest absolute Gasteiger partial charge is 0.253 e. The van der Waals surface area contributed by atoms with Crippen molar-refractivity contribution in [1.29, 1.82) is 0 Å². The Morgan fingerprint density at radius 2 is 1.61 bits per heavy atom. The lowest BCUT2D eigenvalue weighted by molar-refractivity contribution is -0.253. The highest BCUT2D eigenvalue weighted by atomic mass is 16.7. The summed E-state index contributed by atoms with van der Waals surface area (Å²) in [6.07, 6.45) is 4.48. The van der Waals surface area contributed by atoms with Gasteiger partial charge in [0, 0.05) is 56.2 Å². The zero-order valence-electron chi connectivity index (χ0n) is 30.1. The van der Waals surface area contributed by atoms with Gasteiger partial charge in [0.25, 0.3) is 5.91 Å². The van der Waals surface area contributed by atoms with E-state index in [4.69, 9.17) is 9.47 Å². The fourth-order valence-corrected chi connectivity index (χ4v) is 8.01. The van der Waals surface area contributed by atoms with Crippen LogP contribution < -0.4 is 15.5 Å². The highest BCUT2D eigenvalue weighted by Crippen LogP contribution is 2.40. The first-order chi connectivity index (χ1) is 26.5. The van der Waals surface area contributed by atoms with E-state index in [1.165, 1.54) is 0 Å². The fraction of sp³-hybridized carbons (Fsp3) is 0.295. The molecule has 4 aromatic carbocycles. The van der Waals surface area contributed by atoms with Crippen LogP contribution in [0.25, 0.3) is 11.1 Å². The van der Waals surface area contributed by atoms with Gasteiger partial charge in [-0.25, -0.2) is 0 Å². The molecule has 10 nitrogen and oxygen atoms in total. The number of aliphatic hydroxyl groups is 1. The molecule has 3 aliphatic heterocycles. The number of benzene rings is 4. The first-order valence-corrected chi connectivity index (χ1v) is 18.7. The predicted molar refractivity (Wildman–Crippen MR) is 206 cm³/mol. The molecule has 10 heteroatoms. The molecule has 3 fully saturated rings. The second kappa shape index (κ2) is 15.9.